The highest BCUT2D eigenvalue weighted by Gasteiger charge is 2.31. The lowest BCUT2D eigenvalue weighted by Gasteiger charge is -2.15. The van der Waals surface area contributed by atoms with Crippen LogP contribution >= 0.6 is 0 Å². The molecule has 0 amide bonds. The molecule has 3 N–H and O–H groups in total. The number of aliphatic hydroxyl groups is 1. The second kappa shape index (κ2) is 6.25. The number of hydrogen-bond donors (Lipinski definition) is 3. The second-order valence-electron chi connectivity index (χ2n) is 5.56. The van der Waals surface area contributed by atoms with Crippen LogP contribution in [0.3, 0.4) is 0 Å². The fourth-order valence-corrected chi connectivity index (χ4v) is 2.85. The first-order valence-electron chi connectivity index (χ1n) is 7.48. The molecule has 25 heavy (non-hydrogen) atoms. The van der Waals surface area contributed by atoms with Crippen molar-refractivity contribution >= 4 is 10.9 Å². The zero-order chi connectivity index (χ0) is 18.2. The van der Waals surface area contributed by atoms with Gasteiger partial charge in [-0.15, -0.1) is 0 Å². The number of aromatic hydroxyl groups is 1. The maximum Gasteiger partial charge on any atom is 0.416 e. The number of aromatic nitrogens is 1. The molecule has 4 nitrogen and oxygen atoms in total. The zero-order valence-electron chi connectivity index (χ0n) is 12.9. The molecule has 7 heteroatoms. The summed E-state index contributed by atoms with van der Waals surface area (Å²) in [7, 11) is 0. The molecule has 0 saturated heterocycles. The molecule has 0 fully saturated rings. The first kappa shape index (κ1) is 17.0. The summed E-state index contributed by atoms with van der Waals surface area (Å²) in [6.45, 7) is -0.353. The van der Waals surface area contributed by atoms with E-state index in [0.717, 1.165) is 12.1 Å². The van der Waals surface area contributed by atoms with Gasteiger partial charge in [-0.2, -0.15) is 13.2 Å². The minimum atomic E-state index is -4.54. The maximum atomic E-state index is 13.1. The molecule has 3 aromatic rings. The fourth-order valence-electron chi connectivity index (χ4n) is 2.85. The highest BCUT2D eigenvalue weighted by atomic mass is 19.4. The van der Waals surface area contributed by atoms with Crippen LogP contribution in [0.4, 0.5) is 13.2 Å². The summed E-state index contributed by atoms with van der Waals surface area (Å²) in [5.41, 5.74) is -0.606. The van der Waals surface area contributed by atoms with Crippen molar-refractivity contribution in [3.63, 3.8) is 0 Å². The van der Waals surface area contributed by atoms with Gasteiger partial charge in [-0.3, -0.25) is 4.79 Å². The van der Waals surface area contributed by atoms with E-state index < -0.39 is 17.3 Å². The number of hydrogen-bond acceptors (Lipinski definition) is 3. The summed E-state index contributed by atoms with van der Waals surface area (Å²) in [5.74, 6) is -0.161. The van der Waals surface area contributed by atoms with Crippen molar-refractivity contribution in [1.29, 1.82) is 0 Å². The number of H-pyrrole nitrogens is 1. The van der Waals surface area contributed by atoms with Gasteiger partial charge >= 0.3 is 6.18 Å². The molecule has 0 unspecified atom stereocenters. The van der Waals surface area contributed by atoms with Crippen LogP contribution in [0.15, 0.2) is 47.3 Å². The third-order valence-corrected chi connectivity index (χ3v) is 3.98. The van der Waals surface area contributed by atoms with Crippen LogP contribution in [-0.4, -0.2) is 21.8 Å². The minimum absolute atomic E-state index is 0.0504. The first-order valence-corrected chi connectivity index (χ1v) is 7.48. The van der Waals surface area contributed by atoms with Gasteiger partial charge in [0.25, 0.3) is 5.56 Å². The normalized spacial score (nSPS) is 11.8. The topological polar surface area (TPSA) is 73.3 Å². The average Bonchev–Trinajstić information content (AvgIpc) is 2.55. The van der Waals surface area contributed by atoms with Gasteiger partial charge in [-0.25, -0.2) is 0 Å². The molecule has 0 aliphatic rings. The Labute approximate surface area is 140 Å². The lowest BCUT2D eigenvalue weighted by atomic mass is 9.93. The Morgan fingerprint density at radius 2 is 1.80 bits per heavy atom. The Bertz CT molecular complexity index is 993. The van der Waals surface area contributed by atoms with Crippen LogP contribution in [0.1, 0.15) is 11.1 Å². The molecule has 130 valence electrons. The number of benzene rings is 2. The summed E-state index contributed by atoms with van der Waals surface area (Å²) in [6.07, 6.45) is -4.59. The summed E-state index contributed by atoms with van der Waals surface area (Å²) >= 11 is 0. The molecule has 0 bridgehead atoms. The van der Waals surface area contributed by atoms with Gasteiger partial charge in [0, 0.05) is 40.6 Å². The molecule has 1 heterocycles. The van der Waals surface area contributed by atoms with Crippen LogP contribution < -0.4 is 5.56 Å². The van der Waals surface area contributed by atoms with Crippen LogP contribution in [0.2, 0.25) is 0 Å². The third-order valence-electron chi connectivity index (χ3n) is 3.98. The van der Waals surface area contributed by atoms with E-state index in [1.165, 1.54) is 18.2 Å². The predicted molar refractivity (Wildman–Crippen MR) is 87.5 cm³/mol. The predicted octanol–water partition coefficient (Wildman–Crippen LogP) is 3.45. The van der Waals surface area contributed by atoms with E-state index in [1.54, 1.807) is 12.1 Å². The highest BCUT2D eigenvalue weighted by Crippen LogP contribution is 2.38. The van der Waals surface area contributed by atoms with E-state index in [-0.39, 0.29) is 46.4 Å². The molecule has 0 saturated carbocycles. The number of phenolic OH excluding ortho intramolecular Hbond substituents is 1. The summed E-state index contributed by atoms with van der Waals surface area (Å²) in [6, 6.07) is 9.10. The van der Waals surface area contributed by atoms with Crippen LogP contribution in [0.5, 0.6) is 5.75 Å². The van der Waals surface area contributed by atoms with E-state index in [2.05, 4.69) is 4.98 Å². The van der Waals surface area contributed by atoms with Gasteiger partial charge in [0.2, 0.25) is 0 Å². The molecule has 0 aliphatic carbocycles. The molecule has 0 radical (unpaired) electrons. The number of pyridine rings is 1. The van der Waals surface area contributed by atoms with E-state index in [1.807, 2.05) is 0 Å². The number of aromatic amines is 1. The zero-order valence-corrected chi connectivity index (χ0v) is 12.9. The molecule has 0 aliphatic heterocycles. The highest BCUT2D eigenvalue weighted by molar-refractivity contribution is 5.97. The molecular formula is C18H14F3NO3. The van der Waals surface area contributed by atoms with E-state index in [0.29, 0.717) is 0 Å². The van der Waals surface area contributed by atoms with Crippen LogP contribution in [-0.2, 0) is 12.6 Å². The van der Waals surface area contributed by atoms with E-state index in [4.69, 9.17) is 0 Å². The number of phenols is 1. The fraction of sp³-hybridized carbons (Fsp3) is 0.167. The molecule has 0 spiro atoms. The van der Waals surface area contributed by atoms with Gasteiger partial charge in [-0.1, -0.05) is 18.2 Å². The third kappa shape index (κ3) is 3.10. The quantitative estimate of drug-likeness (QED) is 0.678. The molecule has 3 rings (SSSR count). The van der Waals surface area contributed by atoms with Gasteiger partial charge in [0.15, 0.2) is 0 Å². The number of halogens is 3. The second-order valence-corrected chi connectivity index (χ2v) is 5.56. The molecule has 2 aromatic carbocycles. The van der Waals surface area contributed by atoms with Crippen molar-refractivity contribution < 1.29 is 23.4 Å². The van der Waals surface area contributed by atoms with Gasteiger partial charge in [-0.05, 0) is 24.3 Å². The van der Waals surface area contributed by atoms with Crippen molar-refractivity contribution in [2.24, 2.45) is 0 Å². The molecule has 1 aromatic heterocycles. The average molecular weight is 349 g/mol. The standard InChI is InChI=1S/C18H14F3NO3/c19-18(20,21)10-5-6-14-13(9-10)16(11-3-1-2-4-15(11)24)12(7-8-23)17(25)22-14/h1-6,9,23-24H,7-8H2,(H,22,25). The minimum Gasteiger partial charge on any atom is -0.507 e. The first-order chi connectivity index (χ1) is 11.8. The van der Waals surface area contributed by atoms with E-state index >= 15 is 0 Å². The lowest BCUT2D eigenvalue weighted by molar-refractivity contribution is -0.137. The van der Waals surface area contributed by atoms with Gasteiger partial charge < -0.3 is 15.2 Å². The number of fused-ring (bicyclic) bond motifs is 1. The number of rotatable bonds is 3. The van der Waals surface area contributed by atoms with Crippen molar-refractivity contribution in [1.82, 2.24) is 4.98 Å². The van der Waals surface area contributed by atoms with Crippen molar-refractivity contribution in [3.05, 3.63) is 63.9 Å². The lowest BCUT2D eigenvalue weighted by Crippen LogP contribution is -2.16. The van der Waals surface area contributed by atoms with Gasteiger partial charge in [0.05, 0.1) is 5.56 Å². The Hall–Kier alpha value is -2.80. The SMILES string of the molecule is O=c1[nH]c2ccc(C(F)(F)F)cc2c(-c2ccccc2O)c1CCO. The van der Waals surface area contributed by atoms with Crippen molar-refractivity contribution in [2.75, 3.05) is 6.61 Å². The van der Waals surface area contributed by atoms with Crippen molar-refractivity contribution in [2.45, 2.75) is 12.6 Å². The number of para-hydroxylation sites is 1. The molecular weight excluding hydrogens is 335 g/mol. The summed E-state index contributed by atoms with van der Waals surface area (Å²) in [5, 5.41) is 19.5. The van der Waals surface area contributed by atoms with E-state index in [9.17, 15) is 28.2 Å². The molecule has 0 atom stereocenters. The largest absolute Gasteiger partial charge is 0.507 e. The maximum absolute atomic E-state index is 13.1. The number of alkyl halides is 3. The van der Waals surface area contributed by atoms with Crippen molar-refractivity contribution in [3.8, 4) is 16.9 Å². The van der Waals surface area contributed by atoms with Crippen LogP contribution in [0, 0.1) is 0 Å². The monoisotopic (exact) mass is 349 g/mol. The summed E-state index contributed by atoms with van der Waals surface area (Å²) in [4.78, 5) is 14.9. The Morgan fingerprint density at radius 3 is 2.44 bits per heavy atom. The smallest absolute Gasteiger partial charge is 0.416 e. The number of aliphatic hydroxyl groups excluding tert-OH is 1. The Morgan fingerprint density at radius 1 is 1.08 bits per heavy atom. The Kier molecular flexibility index (Phi) is 4.26. The van der Waals surface area contributed by atoms with Crippen LogP contribution in [0.25, 0.3) is 22.0 Å². The number of nitrogens with one attached hydrogen (secondary N) is 1. The summed E-state index contributed by atoms with van der Waals surface area (Å²) < 4.78 is 39.3. The Balaban J connectivity index is 2.46. The van der Waals surface area contributed by atoms with Gasteiger partial charge in [0.1, 0.15) is 5.75 Å².